The van der Waals surface area contributed by atoms with E-state index in [-0.39, 0.29) is 30.0 Å². The van der Waals surface area contributed by atoms with E-state index in [2.05, 4.69) is 32.2 Å². The number of hydrogen-bond donors (Lipinski definition) is 3. The average molecular weight is 513 g/mol. The number of nitrogens with zero attached hydrogens (tertiary/aromatic N) is 5. The Morgan fingerprint density at radius 3 is 2.84 bits per heavy atom. The first kappa shape index (κ1) is 24.1. The average Bonchev–Trinajstić information content (AvgIpc) is 3.61. The Balaban J connectivity index is 1.43. The Labute approximate surface area is 220 Å². The van der Waals surface area contributed by atoms with Crippen molar-refractivity contribution in [1.82, 2.24) is 15.2 Å². The summed E-state index contributed by atoms with van der Waals surface area (Å²) < 4.78 is 11.4. The molecule has 3 atom stereocenters. The molecule has 1 aromatic carbocycles. The molecule has 38 heavy (non-hydrogen) atoms. The van der Waals surface area contributed by atoms with Crippen molar-refractivity contribution in [2.24, 2.45) is 0 Å². The van der Waals surface area contributed by atoms with Crippen LogP contribution in [0.15, 0.2) is 42.6 Å². The molecular weight excluding hydrogens is 484 g/mol. The van der Waals surface area contributed by atoms with Crippen LogP contribution in [0.5, 0.6) is 0 Å². The maximum absolute atomic E-state index is 12.9. The molecule has 3 aliphatic rings. The Hall–Kier alpha value is -4.27. The smallest absolute Gasteiger partial charge is 0.273 e. The highest BCUT2D eigenvalue weighted by molar-refractivity contribution is 6.12. The first-order chi connectivity index (χ1) is 18.5. The number of anilines is 4. The number of H-pyrrole nitrogens is 1. The van der Waals surface area contributed by atoms with E-state index >= 15 is 0 Å². The number of fused-ring (bicyclic) bond motifs is 2. The topological polar surface area (TPSA) is 124 Å². The molecule has 0 saturated carbocycles. The molecule has 2 unspecified atom stereocenters. The Bertz CT molecular complexity index is 1400. The molecule has 3 saturated heterocycles. The molecule has 194 valence electrons. The molecule has 3 aliphatic heterocycles. The van der Waals surface area contributed by atoms with Crippen LogP contribution in [0.2, 0.25) is 0 Å². The second kappa shape index (κ2) is 9.89. The van der Waals surface area contributed by atoms with Crippen LogP contribution < -0.4 is 15.1 Å². The van der Waals surface area contributed by atoms with Crippen molar-refractivity contribution in [3.63, 3.8) is 0 Å². The zero-order chi connectivity index (χ0) is 26.2. The summed E-state index contributed by atoms with van der Waals surface area (Å²) in [5, 5.41) is 18.6. The number of benzene rings is 1. The fraction of sp³-hybridized carbons (Fsp3) is 0.370. The molecule has 3 fully saturated rings. The van der Waals surface area contributed by atoms with Gasteiger partial charge in [0.1, 0.15) is 23.6 Å². The van der Waals surface area contributed by atoms with Crippen LogP contribution in [0.4, 0.5) is 23.1 Å². The van der Waals surface area contributed by atoms with Gasteiger partial charge in [-0.3, -0.25) is 9.89 Å². The number of amidine groups is 1. The summed E-state index contributed by atoms with van der Waals surface area (Å²) in [6.45, 7) is 12.1. The fourth-order valence-electron chi connectivity index (χ4n) is 5.36. The zero-order valence-corrected chi connectivity index (χ0v) is 21.0. The molecule has 3 N–H and O–H groups in total. The van der Waals surface area contributed by atoms with Gasteiger partial charge in [0, 0.05) is 18.3 Å². The summed E-state index contributed by atoms with van der Waals surface area (Å²) in [6.07, 6.45) is 3.02. The van der Waals surface area contributed by atoms with E-state index in [1.165, 1.54) is 0 Å². The van der Waals surface area contributed by atoms with E-state index in [1.54, 1.807) is 17.2 Å². The van der Waals surface area contributed by atoms with Crippen LogP contribution in [0.3, 0.4) is 0 Å². The number of rotatable bonds is 6. The minimum absolute atomic E-state index is 0.000480. The lowest BCUT2D eigenvalue weighted by Crippen LogP contribution is -2.47. The molecule has 5 heterocycles. The fourth-order valence-corrected chi connectivity index (χ4v) is 5.36. The number of amides is 1. The van der Waals surface area contributed by atoms with Gasteiger partial charge in [-0.05, 0) is 49.1 Å². The second-order valence-corrected chi connectivity index (χ2v) is 9.74. The Morgan fingerprint density at radius 2 is 2.11 bits per heavy atom. The third-order valence-electron chi connectivity index (χ3n) is 7.30. The molecule has 1 amide bonds. The number of carbonyl (C=O) groups is 1. The molecule has 0 radical (unpaired) electrons. The van der Waals surface area contributed by atoms with E-state index in [4.69, 9.17) is 26.4 Å². The monoisotopic (exact) mass is 512 g/mol. The number of morpholine rings is 2. The lowest BCUT2D eigenvalue weighted by molar-refractivity contribution is -0.133. The highest BCUT2D eigenvalue weighted by Crippen LogP contribution is 2.37. The van der Waals surface area contributed by atoms with Gasteiger partial charge in [-0.1, -0.05) is 18.7 Å². The van der Waals surface area contributed by atoms with Crippen molar-refractivity contribution in [1.29, 1.82) is 5.41 Å². The Kier molecular flexibility index (Phi) is 6.27. The lowest BCUT2D eigenvalue weighted by atomic mass is 9.98. The van der Waals surface area contributed by atoms with Crippen LogP contribution in [0.1, 0.15) is 25.3 Å². The van der Waals surface area contributed by atoms with Gasteiger partial charge in [-0.2, -0.15) is 10.5 Å². The number of ether oxygens (including phenoxy) is 2. The number of aromatic nitrogens is 3. The highest BCUT2D eigenvalue weighted by atomic mass is 16.5. The summed E-state index contributed by atoms with van der Waals surface area (Å²) in [6, 6.07) is 11.5. The van der Waals surface area contributed by atoms with E-state index in [1.807, 2.05) is 30.3 Å². The first-order valence-corrected chi connectivity index (χ1v) is 12.7. The quantitative estimate of drug-likeness (QED) is 0.262. The van der Waals surface area contributed by atoms with Crippen LogP contribution in [0.25, 0.3) is 16.0 Å². The van der Waals surface area contributed by atoms with Crippen molar-refractivity contribution in [2.45, 2.75) is 38.0 Å². The van der Waals surface area contributed by atoms with Crippen LogP contribution in [-0.4, -0.2) is 71.5 Å². The van der Waals surface area contributed by atoms with Gasteiger partial charge in [0.2, 0.25) is 0 Å². The molecule has 11 nitrogen and oxygen atoms in total. The number of pyridine rings is 1. The molecular formula is C27H28N8O3. The van der Waals surface area contributed by atoms with Crippen molar-refractivity contribution < 1.29 is 14.3 Å². The normalized spacial score (nSPS) is 22.8. The van der Waals surface area contributed by atoms with Gasteiger partial charge >= 0.3 is 0 Å². The van der Waals surface area contributed by atoms with Crippen LogP contribution in [-0.2, 0) is 14.3 Å². The molecule has 3 aromatic rings. The van der Waals surface area contributed by atoms with Crippen molar-refractivity contribution in [3.05, 3.63) is 59.6 Å². The van der Waals surface area contributed by atoms with Gasteiger partial charge < -0.3 is 29.4 Å². The first-order valence-electron chi connectivity index (χ1n) is 12.7. The van der Waals surface area contributed by atoms with Gasteiger partial charge in [0.15, 0.2) is 0 Å². The van der Waals surface area contributed by atoms with Gasteiger partial charge in [0.05, 0.1) is 43.7 Å². The van der Waals surface area contributed by atoms with Crippen molar-refractivity contribution in [2.75, 3.05) is 41.4 Å². The summed E-state index contributed by atoms with van der Waals surface area (Å²) in [5.74, 6) is 1.50. The molecule has 0 aliphatic carbocycles. The zero-order valence-electron chi connectivity index (χ0n) is 21.0. The minimum atomic E-state index is -0.353. The van der Waals surface area contributed by atoms with Gasteiger partial charge in [0.25, 0.3) is 11.7 Å². The largest absolute Gasteiger partial charge is 0.377 e. The van der Waals surface area contributed by atoms with E-state index in [9.17, 15) is 4.79 Å². The number of hydrogen-bond acceptors (Lipinski definition) is 8. The lowest BCUT2D eigenvalue weighted by Gasteiger charge is -2.35. The molecule has 2 aromatic heterocycles. The number of carbonyl (C=O) groups excluding carboxylic acids is 1. The van der Waals surface area contributed by atoms with E-state index < -0.39 is 0 Å². The minimum Gasteiger partial charge on any atom is -0.377 e. The summed E-state index contributed by atoms with van der Waals surface area (Å²) in [5.41, 5.74) is 2.73. The predicted octanol–water partition coefficient (Wildman–Crippen LogP) is 3.58. The number of aromatic amines is 1. The molecule has 2 bridgehead atoms. The van der Waals surface area contributed by atoms with Gasteiger partial charge in [-0.15, -0.1) is 0 Å². The highest BCUT2D eigenvalue weighted by Gasteiger charge is 2.40. The van der Waals surface area contributed by atoms with Crippen molar-refractivity contribution in [3.8, 4) is 11.1 Å². The maximum Gasteiger partial charge on any atom is 0.273 e. The number of nitrogens with one attached hydrogen (secondary N) is 3. The van der Waals surface area contributed by atoms with E-state index in [0.29, 0.717) is 49.1 Å². The molecule has 0 spiro atoms. The summed E-state index contributed by atoms with van der Waals surface area (Å²) in [7, 11) is 0. The summed E-state index contributed by atoms with van der Waals surface area (Å²) >= 11 is 0. The maximum atomic E-state index is 12.9. The predicted molar refractivity (Wildman–Crippen MR) is 143 cm³/mol. The summed E-state index contributed by atoms with van der Waals surface area (Å²) in [4.78, 5) is 25.1. The standard InChI is InChI=1S/C27H28N8O3/c1-16-15-37-12-11-34(16)23-13-20(24(25(28)29-2)26(32-23)31-22-9-10-30-33-22)17-3-5-18(6-4-17)35-14-19-7-8-21(38-19)27(35)36/h3-6,9-10,13,16,19,21,28H,7-8,11-12,14-15H2,1H3,(H2,30,31,32,33)/t16-,19?,21?/m1/s1. The van der Waals surface area contributed by atoms with Crippen molar-refractivity contribution >= 4 is 34.9 Å². The van der Waals surface area contributed by atoms with Crippen LogP contribution >= 0.6 is 0 Å². The molecule has 11 heteroatoms. The SMILES string of the molecule is [C-]#[N+]C(=N)c1c(-c2ccc(N3CC4CCC(O4)C3=O)cc2)cc(N2CCOC[C@H]2C)nc1Nc1ccn[nH]1. The third kappa shape index (κ3) is 4.38. The van der Waals surface area contributed by atoms with E-state index in [0.717, 1.165) is 29.9 Å². The Morgan fingerprint density at radius 1 is 1.26 bits per heavy atom. The van der Waals surface area contributed by atoms with Gasteiger partial charge in [-0.25, -0.2) is 4.98 Å². The second-order valence-electron chi connectivity index (χ2n) is 9.74. The van der Waals surface area contributed by atoms with Crippen LogP contribution in [0, 0.1) is 12.0 Å². The molecule has 6 rings (SSSR count). The third-order valence-corrected chi connectivity index (χ3v) is 7.30.